The molecule has 0 saturated heterocycles. The number of hydrogen-bond acceptors (Lipinski definition) is 5. The Bertz CT molecular complexity index is 1260. The van der Waals surface area contributed by atoms with Crippen LogP contribution in [0, 0.1) is 5.92 Å². The van der Waals surface area contributed by atoms with Gasteiger partial charge < -0.3 is 13.9 Å². The van der Waals surface area contributed by atoms with Crippen molar-refractivity contribution in [2.45, 2.75) is 77.4 Å². The number of ketones is 2. The van der Waals surface area contributed by atoms with Gasteiger partial charge in [-0.15, -0.1) is 0 Å². The van der Waals surface area contributed by atoms with E-state index in [2.05, 4.69) is 41.5 Å². The maximum Gasteiger partial charge on any atom is 0.258 e. The van der Waals surface area contributed by atoms with E-state index < -0.39 is 20.2 Å². The number of Topliss-reactive ketones (excluding diaryl/α,β-unsaturated/α-hetero) is 2. The molecule has 0 spiro atoms. The zero-order valence-electron chi connectivity index (χ0n) is 26.1. The van der Waals surface area contributed by atoms with Gasteiger partial charge in [0.15, 0.2) is 11.6 Å². The fourth-order valence-electron chi connectivity index (χ4n) is 6.34. The van der Waals surface area contributed by atoms with Crippen LogP contribution in [0.3, 0.4) is 0 Å². The minimum atomic E-state index is -2.12. The van der Waals surface area contributed by atoms with Crippen molar-refractivity contribution >= 4 is 19.9 Å². The summed E-state index contributed by atoms with van der Waals surface area (Å²) < 4.78 is 17.4. The van der Waals surface area contributed by atoms with Crippen LogP contribution in [0.5, 0.6) is 17.2 Å². The third-order valence-electron chi connectivity index (χ3n) is 8.45. The molecule has 6 heteroatoms. The number of carbonyl (C=O) groups is 2. The Labute approximate surface area is 247 Å². The summed E-state index contributed by atoms with van der Waals surface area (Å²) in [5.74, 6) is 0.834. The first-order chi connectivity index (χ1) is 19.5. The molecule has 0 aliphatic heterocycles. The molecule has 0 fully saturated rings. The van der Waals surface area contributed by atoms with Crippen molar-refractivity contribution in [1.82, 2.24) is 0 Å². The van der Waals surface area contributed by atoms with Crippen LogP contribution >= 0.6 is 0 Å². The second kappa shape index (κ2) is 14.0. The Hall–Kier alpha value is -3.38. The predicted octanol–water partition coefficient (Wildman–Crippen LogP) is 9.13. The van der Waals surface area contributed by atoms with Gasteiger partial charge in [-0.2, -0.15) is 0 Å². The van der Waals surface area contributed by atoms with Gasteiger partial charge >= 0.3 is 0 Å². The molecule has 3 rings (SSSR count). The molecule has 0 radical (unpaired) electrons. The van der Waals surface area contributed by atoms with E-state index >= 15 is 0 Å². The van der Waals surface area contributed by atoms with Crippen molar-refractivity contribution in [3.63, 3.8) is 0 Å². The first-order valence-corrected chi connectivity index (χ1v) is 16.8. The predicted molar refractivity (Wildman–Crippen MR) is 169 cm³/mol. The minimum Gasteiger partial charge on any atom is -0.543 e. The van der Waals surface area contributed by atoms with Crippen LogP contribution in [-0.4, -0.2) is 34.1 Å². The van der Waals surface area contributed by atoms with Crippen LogP contribution < -0.4 is 13.9 Å². The van der Waals surface area contributed by atoms with Crippen molar-refractivity contribution in [3.05, 3.63) is 89.5 Å². The second-order valence-corrected chi connectivity index (χ2v) is 17.0. The second-order valence-electron chi connectivity index (χ2n) is 11.7. The highest BCUT2D eigenvalue weighted by atomic mass is 28.4. The van der Waals surface area contributed by atoms with Crippen molar-refractivity contribution in [1.29, 1.82) is 0 Å². The average molecular weight is 575 g/mol. The number of rotatable bonds is 14. The Morgan fingerprint density at radius 2 is 1.00 bits per heavy atom. The molecule has 2 unspecified atom stereocenters. The summed E-state index contributed by atoms with van der Waals surface area (Å²) in [4.78, 5) is 28.0. The molecule has 0 aliphatic rings. The average Bonchev–Trinajstić information content (AvgIpc) is 2.97. The van der Waals surface area contributed by atoms with Gasteiger partial charge in [0.2, 0.25) is 0 Å². The largest absolute Gasteiger partial charge is 0.543 e. The highest BCUT2D eigenvalue weighted by molar-refractivity contribution is 6.78. The van der Waals surface area contributed by atoms with Gasteiger partial charge in [0, 0.05) is 17.0 Å². The van der Waals surface area contributed by atoms with Gasteiger partial charge in [-0.05, 0) is 89.3 Å². The van der Waals surface area contributed by atoms with E-state index in [9.17, 15) is 9.59 Å². The lowest BCUT2D eigenvalue weighted by atomic mass is 9.75. The summed E-state index contributed by atoms with van der Waals surface area (Å²) in [5, 5.41) is 0. The molecule has 3 aromatic carbocycles. The zero-order chi connectivity index (χ0) is 30.3. The van der Waals surface area contributed by atoms with Crippen molar-refractivity contribution < 1.29 is 23.5 Å². The maximum absolute atomic E-state index is 14.0. The standard InChI is InChI=1S/C35H46O5Si/c1-10-32(34(36)27-15-21-31(22-16-27)40-41(23(2)3,24(4)5)25(6)7)33(26-11-17-29(38-8)18-12-26)35(37)28-13-19-30(39-9)20-14-28/h11-25,32-33H,10H2,1-9H3. The van der Waals surface area contributed by atoms with E-state index in [1.54, 1.807) is 38.5 Å². The number of carbonyl (C=O) groups excluding carboxylic acids is 2. The van der Waals surface area contributed by atoms with Crippen LogP contribution in [0.15, 0.2) is 72.8 Å². The third-order valence-corrected chi connectivity index (χ3v) is 14.5. The lowest BCUT2D eigenvalue weighted by Gasteiger charge is -2.42. The maximum atomic E-state index is 14.0. The van der Waals surface area contributed by atoms with E-state index in [1.807, 2.05) is 55.5 Å². The molecule has 0 bridgehead atoms. The molecule has 0 saturated carbocycles. The first-order valence-electron chi connectivity index (χ1n) is 14.7. The van der Waals surface area contributed by atoms with E-state index in [1.165, 1.54) is 0 Å². The highest BCUT2D eigenvalue weighted by Crippen LogP contribution is 2.43. The Kier molecular flexibility index (Phi) is 11.0. The van der Waals surface area contributed by atoms with Crippen LogP contribution in [-0.2, 0) is 0 Å². The van der Waals surface area contributed by atoms with Crippen molar-refractivity contribution in [2.75, 3.05) is 14.2 Å². The number of hydrogen-bond donors (Lipinski definition) is 0. The van der Waals surface area contributed by atoms with Gasteiger partial charge in [-0.3, -0.25) is 9.59 Å². The SMILES string of the molecule is CCC(C(=O)c1ccc(O[Si](C(C)C)(C(C)C)C(C)C)cc1)C(C(=O)c1ccc(OC)cc1)c1ccc(OC)cc1. The molecular formula is C35H46O5Si. The van der Waals surface area contributed by atoms with Crippen molar-refractivity contribution in [3.8, 4) is 17.2 Å². The van der Waals surface area contributed by atoms with E-state index in [4.69, 9.17) is 13.9 Å². The molecule has 3 aromatic rings. The lowest BCUT2D eigenvalue weighted by Crippen LogP contribution is -2.50. The number of ether oxygens (including phenoxy) is 2. The van der Waals surface area contributed by atoms with Crippen LogP contribution in [0.2, 0.25) is 16.6 Å². The molecule has 0 aliphatic carbocycles. The molecule has 41 heavy (non-hydrogen) atoms. The fraction of sp³-hybridized carbons (Fsp3) is 0.429. The summed E-state index contributed by atoms with van der Waals surface area (Å²) in [6, 6.07) is 22.0. The van der Waals surface area contributed by atoms with Gasteiger partial charge in [0.25, 0.3) is 8.32 Å². The smallest absolute Gasteiger partial charge is 0.258 e. The van der Waals surface area contributed by atoms with Gasteiger partial charge in [-0.25, -0.2) is 0 Å². The molecule has 0 aromatic heterocycles. The summed E-state index contributed by atoms with van der Waals surface area (Å²) >= 11 is 0. The normalized spacial score (nSPS) is 13.3. The topological polar surface area (TPSA) is 61.8 Å². The number of benzene rings is 3. The Morgan fingerprint density at radius 1 is 0.610 bits per heavy atom. The molecule has 0 heterocycles. The van der Waals surface area contributed by atoms with Crippen LogP contribution in [0.4, 0.5) is 0 Å². The van der Waals surface area contributed by atoms with Gasteiger partial charge in [0.05, 0.1) is 20.1 Å². The van der Waals surface area contributed by atoms with E-state index in [0.717, 1.165) is 11.3 Å². The fourth-order valence-corrected chi connectivity index (χ4v) is 11.6. The first kappa shape index (κ1) is 32.1. The molecule has 5 nitrogen and oxygen atoms in total. The summed E-state index contributed by atoms with van der Waals surface area (Å²) in [5.41, 5.74) is 3.25. The summed E-state index contributed by atoms with van der Waals surface area (Å²) in [6.45, 7) is 15.5. The monoisotopic (exact) mass is 574 g/mol. The summed E-state index contributed by atoms with van der Waals surface area (Å²) in [6.07, 6.45) is 0.514. The number of methoxy groups -OCH3 is 2. The van der Waals surface area contributed by atoms with E-state index in [-0.39, 0.29) is 11.6 Å². The molecular weight excluding hydrogens is 528 g/mol. The summed E-state index contributed by atoms with van der Waals surface area (Å²) in [7, 11) is 1.08. The molecule has 0 amide bonds. The van der Waals surface area contributed by atoms with Gasteiger partial charge in [0.1, 0.15) is 17.2 Å². The molecule has 220 valence electrons. The van der Waals surface area contributed by atoms with Gasteiger partial charge in [-0.1, -0.05) is 60.6 Å². The lowest BCUT2D eigenvalue weighted by molar-refractivity contribution is 0.0816. The highest BCUT2D eigenvalue weighted by Gasteiger charge is 2.47. The van der Waals surface area contributed by atoms with Crippen LogP contribution in [0.1, 0.15) is 87.1 Å². The van der Waals surface area contributed by atoms with Crippen LogP contribution in [0.25, 0.3) is 0 Å². The quantitative estimate of drug-likeness (QED) is 0.142. The third kappa shape index (κ3) is 6.92. The molecule has 0 N–H and O–H groups in total. The zero-order valence-corrected chi connectivity index (χ0v) is 27.1. The Morgan fingerprint density at radius 3 is 1.39 bits per heavy atom. The molecule has 2 atom stereocenters. The minimum absolute atomic E-state index is 0.0539. The van der Waals surface area contributed by atoms with Crippen molar-refractivity contribution in [2.24, 2.45) is 5.92 Å². The van der Waals surface area contributed by atoms with E-state index in [0.29, 0.717) is 45.7 Å². The Balaban J connectivity index is 1.98.